The molecule has 0 spiro atoms. The van der Waals surface area contributed by atoms with Crippen LogP contribution >= 0.6 is 0 Å². The minimum absolute atomic E-state index is 0. The molecule has 6 heteroatoms. The van der Waals surface area contributed by atoms with Crippen LogP contribution < -0.4 is 23.8 Å². The van der Waals surface area contributed by atoms with E-state index >= 15 is 0 Å². The number of hydrogen-bond acceptors (Lipinski definition) is 3. The molecule has 0 atom stereocenters. The van der Waals surface area contributed by atoms with Gasteiger partial charge in [-0.2, -0.15) is 17.5 Å². The van der Waals surface area contributed by atoms with Crippen LogP contribution in [0.25, 0.3) is 39.3 Å². The molecule has 5 aromatic rings. The fourth-order valence-electron chi connectivity index (χ4n) is 4.90. The maximum absolute atomic E-state index is 4.51. The van der Waals surface area contributed by atoms with Crippen LogP contribution in [0.2, 0.25) is 0 Å². The van der Waals surface area contributed by atoms with Crippen LogP contribution in [0.1, 0.15) is 57.6 Å². The van der Waals surface area contributed by atoms with Gasteiger partial charge >= 0.3 is 18.9 Å². The van der Waals surface area contributed by atoms with E-state index < -0.39 is 0 Å². The van der Waals surface area contributed by atoms with E-state index in [0.29, 0.717) is 0 Å². The predicted molar refractivity (Wildman–Crippen MR) is 154 cm³/mol. The number of benzene rings is 2. The molecule has 0 aliphatic carbocycles. The minimum Gasteiger partial charge on any atom is -0.263 e. The van der Waals surface area contributed by atoms with Gasteiger partial charge in [-0.15, -0.1) is 5.10 Å². The third kappa shape index (κ3) is 6.50. The number of pyridine rings is 2. The molecule has 192 valence electrons. The number of aromatic nitrogens is 5. The Morgan fingerprint density at radius 2 is 1.64 bits per heavy atom. The van der Waals surface area contributed by atoms with Gasteiger partial charge in [-0.25, -0.2) is 9.67 Å². The summed E-state index contributed by atoms with van der Waals surface area (Å²) in [5, 5.41) is 8.97. The van der Waals surface area contributed by atoms with Crippen molar-refractivity contribution in [2.45, 2.75) is 52.9 Å². The van der Waals surface area contributed by atoms with E-state index in [1.165, 1.54) is 35.4 Å². The molecule has 0 saturated heterocycles. The van der Waals surface area contributed by atoms with Crippen molar-refractivity contribution >= 4 is 0 Å². The number of nitrogens with zero attached hydrogens (tertiary/aromatic N) is 4. The van der Waals surface area contributed by atoms with Crippen LogP contribution in [0.15, 0.2) is 91.5 Å². The second-order valence-electron chi connectivity index (χ2n) is 9.63. The van der Waals surface area contributed by atoms with Gasteiger partial charge in [0.1, 0.15) is 5.69 Å². The summed E-state index contributed by atoms with van der Waals surface area (Å²) in [5.41, 5.74) is 9.86. The van der Waals surface area contributed by atoms with Crippen LogP contribution in [0.4, 0.5) is 0 Å². The fourth-order valence-corrected chi connectivity index (χ4v) is 4.90. The molecule has 5 nitrogen and oxygen atoms in total. The number of rotatable bonds is 10. The Morgan fingerprint density at radius 1 is 0.846 bits per heavy atom. The van der Waals surface area contributed by atoms with Crippen molar-refractivity contribution in [2.75, 3.05) is 0 Å². The van der Waals surface area contributed by atoms with Crippen molar-refractivity contribution in [3.05, 3.63) is 109 Å². The fraction of sp³-hybridized carbons (Fsp3) is 0.242. The Bertz CT molecular complexity index is 1470. The zero-order valence-electron chi connectivity index (χ0n) is 23.5. The molecule has 0 aliphatic rings. The van der Waals surface area contributed by atoms with Gasteiger partial charge in [-0.05, 0) is 36.1 Å². The first kappa shape index (κ1) is 28.4. The average molecular weight is 509 g/mol. The molecular weight excluding hydrogens is 473 g/mol. The molecule has 0 fully saturated rings. The van der Waals surface area contributed by atoms with Crippen LogP contribution in [0.3, 0.4) is 0 Å². The quantitative estimate of drug-likeness (QED) is 0.205. The summed E-state index contributed by atoms with van der Waals surface area (Å²) >= 11 is 0. The summed E-state index contributed by atoms with van der Waals surface area (Å²) in [6.07, 6.45) is 13.3. The Hall–Kier alpha value is -3.65. The molecule has 1 N–H and O–H groups in total. The minimum atomic E-state index is 0. The second kappa shape index (κ2) is 13.4. The summed E-state index contributed by atoms with van der Waals surface area (Å²) in [6, 6.07) is 23.7. The van der Waals surface area contributed by atoms with E-state index in [1.54, 1.807) is 0 Å². The molecular formula is C33H35LiN5+. The summed E-state index contributed by atoms with van der Waals surface area (Å²) in [7, 11) is 0. The Kier molecular flexibility index (Phi) is 9.76. The van der Waals surface area contributed by atoms with Crippen molar-refractivity contribution in [2.24, 2.45) is 0 Å². The SMILES string of the molecule is CCCCc1ccc(-c2cncc(-c3cn(-c4ccc([C-](CC)CC)c(-c5cccc[nH+]5)c4)nn3)c2)cc1.[Li+]. The maximum atomic E-state index is 4.51. The number of hydrogen-bond donors (Lipinski definition) is 0. The topological polar surface area (TPSA) is 57.7 Å². The van der Waals surface area contributed by atoms with Gasteiger partial charge < -0.3 is 0 Å². The maximum Gasteiger partial charge on any atom is 1.00 e. The number of unbranched alkanes of at least 4 members (excludes halogenated alkanes) is 1. The summed E-state index contributed by atoms with van der Waals surface area (Å²) in [4.78, 5) is 7.92. The van der Waals surface area contributed by atoms with Crippen LogP contribution in [-0.4, -0.2) is 20.0 Å². The molecule has 0 saturated carbocycles. The van der Waals surface area contributed by atoms with Crippen molar-refractivity contribution < 1.29 is 23.8 Å². The molecule has 39 heavy (non-hydrogen) atoms. The Labute approximate surface area is 243 Å². The largest absolute Gasteiger partial charge is 1.00 e. The van der Waals surface area contributed by atoms with Gasteiger partial charge in [0.2, 0.25) is 0 Å². The average Bonchev–Trinajstić information content (AvgIpc) is 3.48. The van der Waals surface area contributed by atoms with Gasteiger partial charge in [0, 0.05) is 35.3 Å². The van der Waals surface area contributed by atoms with E-state index in [-0.39, 0.29) is 18.9 Å². The van der Waals surface area contributed by atoms with E-state index in [2.05, 4.69) is 102 Å². The number of H-pyrrole nitrogens is 1. The molecule has 5 rings (SSSR count). The summed E-state index contributed by atoms with van der Waals surface area (Å²) in [6.45, 7) is 6.67. The molecule has 0 unspecified atom stereocenters. The Balaban J connectivity index is 0.00000353. The third-order valence-electron chi connectivity index (χ3n) is 7.14. The van der Waals surface area contributed by atoms with Gasteiger partial charge in [-0.1, -0.05) is 93.3 Å². The van der Waals surface area contributed by atoms with Crippen LogP contribution in [0.5, 0.6) is 0 Å². The predicted octanol–water partition coefficient (Wildman–Crippen LogP) is 4.57. The van der Waals surface area contributed by atoms with Gasteiger partial charge in [0.15, 0.2) is 11.9 Å². The van der Waals surface area contributed by atoms with Crippen molar-refractivity contribution in [3.8, 4) is 39.3 Å². The van der Waals surface area contributed by atoms with Crippen molar-refractivity contribution in [1.29, 1.82) is 0 Å². The molecule has 0 bridgehead atoms. The monoisotopic (exact) mass is 508 g/mol. The first-order chi connectivity index (χ1) is 18.7. The normalized spacial score (nSPS) is 10.7. The molecule has 0 radical (unpaired) electrons. The molecule has 0 amide bonds. The van der Waals surface area contributed by atoms with E-state index in [9.17, 15) is 0 Å². The van der Waals surface area contributed by atoms with Gasteiger partial charge in [0.25, 0.3) is 0 Å². The van der Waals surface area contributed by atoms with Gasteiger partial charge in [-0.3, -0.25) is 4.98 Å². The summed E-state index contributed by atoms with van der Waals surface area (Å²) in [5.74, 6) is 1.43. The zero-order chi connectivity index (χ0) is 26.3. The zero-order valence-corrected chi connectivity index (χ0v) is 23.5. The first-order valence-corrected chi connectivity index (χ1v) is 13.6. The molecule has 2 aromatic carbocycles. The molecule has 3 heterocycles. The van der Waals surface area contributed by atoms with E-state index in [1.807, 2.05) is 35.5 Å². The van der Waals surface area contributed by atoms with Crippen LogP contribution in [0, 0.1) is 5.92 Å². The number of aromatic amines is 1. The van der Waals surface area contributed by atoms with Gasteiger partial charge in [0.05, 0.1) is 6.20 Å². The second-order valence-corrected chi connectivity index (χ2v) is 9.63. The first-order valence-electron chi connectivity index (χ1n) is 13.6. The van der Waals surface area contributed by atoms with Crippen molar-refractivity contribution in [3.63, 3.8) is 0 Å². The smallest absolute Gasteiger partial charge is 0.263 e. The van der Waals surface area contributed by atoms with Crippen molar-refractivity contribution in [1.82, 2.24) is 20.0 Å². The molecule has 0 aliphatic heterocycles. The Morgan fingerprint density at radius 3 is 2.36 bits per heavy atom. The number of nitrogens with one attached hydrogen (secondary N) is 1. The summed E-state index contributed by atoms with van der Waals surface area (Å²) < 4.78 is 1.85. The van der Waals surface area contributed by atoms with E-state index in [0.717, 1.165) is 53.0 Å². The van der Waals surface area contributed by atoms with Crippen LogP contribution in [-0.2, 0) is 6.42 Å². The number of aryl methyl sites for hydroxylation is 1. The third-order valence-corrected chi connectivity index (χ3v) is 7.14. The molecule has 3 aromatic heterocycles. The standard InChI is InChI=1S/C33H34N5.Li/c1-4-7-10-24-12-14-26(15-13-24)27-19-28(22-34-21-27)33-23-38(37-36-33)29-16-17-30(25(5-2)6-3)31(20-29)32-11-8-9-18-35-32;/h8-9,11-23H,4-7,10H2,1-3H3;/q-1;+1/p+1. The van der Waals surface area contributed by atoms with E-state index in [4.69, 9.17) is 0 Å².